The Bertz CT molecular complexity index is 246. The second kappa shape index (κ2) is 16.9. The zero-order valence-corrected chi connectivity index (χ0v) is 13.5. The number of carboxylic acid groups (broad SMARTS) is 2. The van der Waals surface area contributed by atoms with E-state index in [-0.39, 0.29) is 18.7 Å². The fourth-order valence-corrected chi connectivity index (χ4v) is 2.19. The molecule has 0 aliphatic rings. The SMILES string of the molecule is CCCCCCCCCCCCC(C(=O)O)C(=O)O.N.N. The molecule has 0 saturated heterocycles. The van der Waals surface area contributed by atoms with Gasteiger partial charge >= 0.3 is 11.9 Å². The highest BCUT2D eigenvalue weighted by atomic mass is 16.4. The van der Waals surface area contributed by atoms with E-state index in [0.717, 1.165) is 12.8 Å². The molecule has 0 aromatic carbocycles. The van der Waals surface area contributed by atoms with Crippen molar-refractivity contribution in [2.75, 3.05) is 0 Å². The molecule has 128 valence electrons. The summed E-state index contributed by atoms with van der Waals surface area (Å²) in [5.74, 6) is -3.67. The average molecular weight is 306 g/mol. The molecule has 0 radical (unpaired) electrons. The number of carboxylic acids is 2. The van der Waals surface area contributed by atoms with Gasteiger partial charge in [0.1, 0.15) is 0 Å². The van der Waals surface area contributed by atoms with E-state index < -0.39 is 17.9 Å². The number of unbranched alkanes of at least 4 members (excludes halogenated alkanes) is 9. The van der Waals surface area contributed by atoms with Crippen molar-refractivity contribution in [2.24, 2.45) is 5.92 Å². The third kappa shape index (κ3) is 15.1. The van der Waals surface area contributed by atoms with E-state index in [9.17, 15) is 9.59 Å². The van der Waals surface area contributed by atoms with Gasteiger partial charge in [-0.25, -0.2) is 0 Å². The summed E-state index contributed by atoms with van der Waals surface area (Å²) in [6, 6.07) is 0. The molecule has 0 heterocycles. The highest BCUT2D eigenvalue weighted by molar-refractivity contribution is 5.92. The first kappa shape index (κ1) is 24.9. The van der Waals surface area contributed by atoms with Crippen molar-refractivity contribution in [1.29, 1.82) is 0 Å². The highest BCUT2D eigenvalue weighted by Gasteiger charge is 2.24. The lowest BCUT2D eigenvalue weighted by Crippen LogP contribution is -2.23. The second-order valence-corrected chi connectivity index (χ2v) is 5.20. The molecule has 0 aromatic heterocycles. The van der Waals surface area contributed by atoms with E-state index in [1.54, 1.807) is 0 Å². The standard InChI is InChI=1S/C15H28O4.2H3N/c1-2-3-4-5-6-7-8-9-10-11-12-13(14(16)17)15(18)19;;/h13H,2-12H2,1H3,(H,16,17)(H,18,19);2*1H3. The fourth-order valence-electron chi connectivity index (χ4n) is 2.19. The Balaban J connectivity index is -0.00000162. The van der Waals surface area contributed by atoms with Gasteiger partial charge in [-0.3, -0.25) is 9.59 Å². The topological polar surface area (TPSA) is 145 Å². The molecule has 0 aliphatic heterocycles. The Morgan fingerprint density at radius 2 is 1.05 bits per heavy atom. The zero-order chi connectivity index (χ0) is 14.5. The third-order valence-electron chi connectivity index (χ3n) is 3.44. The van der Waals surface area contributed by atoms with Gasteiger partial charge < -0.3 is 22.5 Å². The summed E-state index contributed by atoms with van der Waals surface area (Å²) in [4.78, 5) is 21.3. The molecule has 6 nitrogen and oxygen atoms in total. The smallest absolute Gasteiger partial charge is 0.317 e. The number of hydrogen-bond donors (Lipinski definition) is 4. The summed E-state index contributed by atoms with van der Waals surface area (Å²) in [6.07, 6.45) is 11.9. The Kier molecular flexibility index (Phi) is 20.0. The molecule has 8 N–H and O–H groups in total. The molecule has 0 spiro atoms. The van der Waals surface area contributed by atoms with Crippen LogP contribution in [-0.2, 0) is 9.59 Å². The number of hydrogen-bond acceptors (Lipinski definition) is 4. The maximum Gasteiger partial charge on any atom is 0.317 e. The molecule has 0 fully saturated rings. The molecule has 6 heteroatoms. The lowest BCUT2D eigenvalue weighted by molar-refractivity contribution is -0.154. The van der Waals surface area contributed by atoms with Crippen molar-refractivity contribution >= 4 is 11.9 Å². The van der Waals surface area contributed by atoms with Gasteiger partial charge in [0.05, 0.1) is 0 Å². The predicted octanol–water partition coefficient (Wildman–Crippen LogP) is 4.41. The molecule has 0 aromatic rings. The van der Waals surface area contributed by atoms with Crippen LogP contribution < -0.4 is 12.3 Å². The minimum absolute atomic E-state index is 0. The lowest BCUT2D eigenvalue weighted by Gasteiger charge is -2.06. The van der Waals surface area contributed by atoms with Crippen molar-refractivity contribution in [3.8, 4) is 0 Å². The van der Waals surface area contributed by atoms with E-state index in [0.29, 0.717) is 6.42 Å². The first-order chi connectivity index (χ1) is 9.09. The molecule has 0 bridgehead atoms. The largest absolute Gasteiger partial charge is 0.481 e. The summed E-state index contributed by atoms with van der Waals surface area (Å²) >= 11 is 0. The Hall–Kier alpha value is -1.14. The van der Waals surface area contributed by atoms with Gasteiger partial charge in [0.2, 0.25) is 0 Å². The van der Waals surface area contributed by atoms with E-state index >= 15 is 0 Å². The molecule has 0 unspecified atom stereocenters. The van der Waals surface area contributed by atoms with Gasteiger partial charge in [0.15, 0.2) is 5.92 Å². The molecule has 0 aliphatic carbocycles. The van der Waals surface area contributed by atoms with Crippen LogP contribution in [0.4, 0.5) is 0 Å². The van der Waals surface area contributed by atoms with Crippen LogP contribution in [0.5, 0.6) is 0 Å². The maximum atomic E-state index is 10.7. The fraction of sp³-hybridized carbons (Fsp3) is 0.867. The van der Waals surface area contributed by atoms with Crippen molar-refractivity contribution in [3.05, 3.63) is 0 Å². The van der Waals surface area contributed by atoms with E-state index in [1.165, 1.54) is 44.9 Å². The monoisotopic (exact) mass is 306 g/mol. The van der Waals surface area contributed by atoms with E-state index in [2.05, 4.69) is 6.92 Å². The average Bonchev–Trinajstić information content (AvgIpc) is 2.35. The number of aliphatic carboxylic acids is 2. The van der Waals surface area contributed by atoms with Crippen LogP contribution in [0.3, 0.4) is 0 Å². The molecular weight excluding hydrogens is 272 g/mol. The first-order valence-corrected chi connectivity index (χ1v) is 7.55. The summed E-state index contributed by atoms with van der Waals surface area (Å²) in [7, 11) is 0. The molecule has 21 heavy (non-hydrogen) atoms. The second-order valence-electron chi connectivity index (χ2n) is 5.20. The molecular formula is C15H34N2O4. The summed E-state index contributed by atoms with van der Waals surface area (Å²) in [5, 5.41) is 17.4. The minimum atomic E-state index is -1.23. The first-order valence-electron chi connectivity index (χ1n) is 7.55. The van der Waals surface area contributed by atoms with Crippen LogP contribution in [0.1, 0.15) is 77.6 Å². The van der Waals surface area contributed by atoms with Gasteiger partial charge in [-0.1, -0.05) is 71.1 Å². The quantitative estimate of drug-likeness (QED) is 0.293. The lowest BCUT2D eigenvalue weighted by atomic mass is 10.00. The Labute approximate surface area is 128 Å². The van der Waals surface area contributed by atoms with Crippen molar-refractivity contribution in [1.82, 2.24) is 12.3 Å². The number of rotatable bonds is 13. The molecule has 0 rings (SSSR count). The predicted molar refractivity (Wildman–Crippen MR) is 85.3 cm³/mol. The van der Waals surface area contributed by atoms with Gasteiger partial charge in [-0.05, 0) is 6.42 Å². The summed E-state index contributed by atoms with van der Waals surface area (Å²) < 4.78 is 0. The van der Waals surface area contributed by atoms with E-state index in [4.69, 9.17) is 10.2 Å². The third-order valence-corrected chi connectivity index (χ3v) is 3.44. The highest BCUT2D eigenvalue weighted by Crippen LogP contribution is 2.14. The summed E-state index contributed by atoms with van der Waals surface area (Å²) in [5.41, 5.74) is 0. The normalized spacial score (nSPS) is 9.81. The zero-order valence-electron chi connectivity index (χ0n) is 13.5. The Morgan fingerprint density at radius 1 is 0.714 bits per heavy atom. The minimum Gasteiger partial charge on any atom is -0.481 e. The van der Waals surface area contributed by atoms with Crippen molar-refractivity contribution in [3.63, 3.8) is 0 Å². The molecule has 0 atom stereocenters. The van der Waals surface area contributed by atoms with Crippen molar-refractivity contribution < 1.29 is 19.8 Å². The Morgan fingerprint density at radius 3 is 1.38 bits per heavy atom. The van der Waals surface area contributed by atoms with Gasteiger partial charge in [-0.2, -0.15) is 0 Å². The van der Waals surface area contributed by atoms with Gasteiger partial charge in [0.25, 0.3) is 0 Å². The van der Waals surface area contributed by atoms with Crippen LogP contribution in [-0.4, -0.2) is 22.2 Å². The molecule has 0 saturated carbocycles. The molecule has 0 amide bonds. The van der Waals surface area contributed by atoms with Gasteiger partial charge in [0, 0.05) is 0 Å². The van der Waals surface area contributed by atoms with Gasteiger partial charge in [-0.15, -0.1) is 0 Å². The van der Waals surface area contributed by atoms with Crippen LogP contribution in [0.25, 0.3) is 0 Å². The van der Waals surface area contributed by atoms with Crippen LogP contribution >= 0.6 is 0 Å². The van der Waals surface area contributed by atoms with E-state index in [1.807, 2.05) is 0 Å². The summed E-state index contributed by atoms with van der Waals surface area (Å²) in [6.45, 7) is 2.21. The van der Waals surface area contributed by atoms with Crippen LogP contribution in [0.15, 0.2) is 0 Å². The van der Waals surface area contributed by atoms with Crippen LogP contribution in [0.2, 0.25) is 0 Å². The number of carbonyl (C=O) groups is 2. The van der Waals surface area contributed by atoms with Crippen molar-refractivity contribution in [2.45, 2.75) is 77.6 Å². The maximum absolute atomic E-state index is 10.7. The van der Waals surface area contributed by atoms with Crippen LogP contribution in [0, 0.1) is 5.92 Å².